The van der Waals surface area contributed by atoms with Crippen molar-refractivity contribution in [2.45, 2.75) is 57.0 Å². The molecule has 1 aliphatic heterocycles. The second kappa shape index (κ2) is 6.69. The summed E-state index contributed by atoms with van der Waals surface area (Å²) in [5, 5.41) is 3.30. The highest BCUT2D eigenvalue weighted by molar-refractivity contribution is 4.97. The van der Waals surface area contributed by atoms with E-state index in [9.17, 15) is 0 Å². The topological polar surface area (TPSA) is 39.7 Å². The van der Waals surface area contributed by atoms with Crippen LogP contribution in [-0.4, -0.2) is 51.2 Å². The molecule has 1 heterocycles. The van der Waals surface area contributed by atoms with E-state index < -0.39 is 0 Å². The molecular formula is C13H25NO3. The molecule has 0 spiro atoms. The van der Waals surface area contributed by atoms with E-state index in [0.717, 1.165) is 45.5 Å². The molecule has 0 radical (unpaired) electrons. The molecule has 4 nitrogen and oxygen atoms in total. The number of ether oxygens (including phenoxy) is 3. The summed E-state index contributed by atoms with van der Waals surface area (Å²) in [6, 6.07) is 0.464. The fourth-order valence-corrected chi connectivity index (χ4v) is 2.53. The summed E-state index contributed by atoms with van der Waals surface area (Å²) in [5.41, 5.74) is 0. The SMILES string of the molecule is CCCOC1C(NC)CC1OC1CCOCC1. The summed E-state index contributed by atoms with van der Waals surface area (Å²) in [4.78, 5) is 0. The summed E-state index contributed by atoms with van der Waals surface area (Å²) >= 11 is 0. The molecule has 3 atom stereocenters. The van der Waals surface area contributed by atoms with Gasteiger partial charge in [-0.3, -0.25) is 0 Å². The molecule has 1 aliphatic carbocycles. The standard InChI is InChI=1S/C13H25NO3/c1-3-6-16-13-11(14-2)9-12(13)17-10-4-7-15-8-5-10/h10-14H,3-9H2,1-2H3. The first-order chi connectivity index (χ1) is 8.35. The van der Waals surface area contributed by atoms with Crippen molar-refractivity contribution in [3.8, 4) is 0 Å². The Morgan fingerprint density at radius 2 is 2.06 bits per heavy atom. The summed E-state index contributed by atoms with van der Waals surface area (Å²) in [6.07, 6.45) is 5.09. The zero-order valence-electron chi connectivity index (χ0n) is 11.0. The molecule has 1 saturated carbocycles. The van der Waals surface area contributed by atoms with Crippen LogP contribution in [0.2, 0.25) is 0 Å². The summed E-state index contributed by atoms with van der Waals surface area (Å²) in [7, 11) is 2.00. The zero-order chi connectivity index (χ0) is 12.1. The van der Waals surface area contributed by atoms with Crippen molar-refractivity contribution in [3.05, 3.63) is 0 Å². The van der Waals surface area contributed by atoms with Crippen molar-refractivity contribution in [3.63, 3.8) is 0 Å². The summed E-state index contributed by atoms with van der Waals surface area (Å²) in [5.74, 6) is 0. The fraction of sp³-hybridized carbons (Fsp3) is 1.00. The molecule has 2 aliphatic rings. The number of likely N-dealkylation sites (N-methyl/N-ethyl adjacent to an activating group) is 1. The van der Waals surface area contributed by atoms with Gasteiger partial charge in [0.05, 0.1) is 18.3 Å². The third-order valence-electron chi connectivity index (χ3n) is 3.67. The lowest BCUT2D eigenvalue weighted by atomic mass is 9.85. The van der Waals surface area contributed by atoms with Crippen LogP contribution in [0.4, 0.5) is 0 Å². The number of nitrogens with one attached hydrogen (secondary N) is 1. The second-order valence-corrected chi connectivity index (χ2v) is 4.95. The smallest absolute Gasteiger partial charge is 0.0990 e. The minimum Gasteiger partial charge on any atom is -0.381 e. The van der Waals surface area contributed by atoms with Gasteiger partial charge < -0.3 is 19.5 Å². The van der Waals surface area contributed by atoms with Gasteiger partial charge in [0.2, 0.25) is 0 Å². The minimum atomic E-state index is 0.239. The molecule has 0 aromatic heterocycles. The monoisotopic (exact) mass is 243 g/mol. The summed E-state index contributed by atoms with van der Waals surface area (Å²) < 4.78 is 17.3. The molecule has 0 aromatic rings. The lowest BCUT2D eigenvalue weighted by Crippen LogP contribution is -2.60. The van der Waals surface area contributed by atoms with E-state index in [0.29, 0.717) is 12.1 Å². The van der Waals surface area contributed by atoms with Gasteiger partial charge in [-0.1, -0.05) is 6.92 Å². The highest BCUT2D eigenvalue weighted by Crippen LogP contribution is 2.30. The molecular weight excluding hydrogens is 218 g/mol. The molecule has 3 unspecified atom stereocenters. The van der Waals surface area contributed by atoms with E-state index in [4.69, 9.17) is 14.2 Å². The van der Waals surface area contributed by atoms with E-state index in [-0.39, 0.29) is 12.2 Å². The fourth-order valence-electron chi connectivity index (χ4n) is 2.53. The molecule has 4 heteroatoms. The molecule has 2 fully saturated rings. The molecule has 17 heavy (non-hydrogen) atoms. The minimum absolute atomic E-state index is 0.239. The van der Waals surface area contributed by atoms with E-state index in [2.05, 4.69) is 12.2 Å². The van der Waals surface area contributed by atoms with E-state index in [1.54, 1.807) is 0 Å². The maximum absolute atomic E-state index is 6.12. The molecule has 0 bridgehead atoms. The Morgan fingerprint density at radius 1 is 1.29 bits per heavy atom. The van der Waals surface area contributed by atoms with Crippen LogP contribution in [0.15, 0.2) is 0 Å². The van der Waals surface area contributed by atoms with E-state index in [1.807, 2.05) is 7.05 Å². The van der Waals surface area contributed by atoms with Gasteiger partial charge >= 0.3 is 0 Å². The van der Waals surface area contributed by atoms with Crippen molar-refractivity contribution >= 4 is 0 Å². The van der Waals surface area contributed by atoms with Gasteiger partial charge in [0, 0.05) is 25.9 Å². The van der Waals surface area contributed by atoms with E-state index in [1.165, 1.54) is 0 Å². The summed E-state index contributed by atoms with van der Waals surface area (Å²) in [6.45, 7) is 4.65. The number of hydrogen-bond donors (Lipinski definition) is 1. The Balaban J connectivity index is 1.75. The van der Waals surface area contributed by atoms with Gasteiger partial charge in [0.25, 0.3) is 0 Å². The van der Waals surface area contributed by atoms with Crippen LogP contribution in [0, 0.1) is 0 Å². The van der Waals surface area contributed by atoms with Crippen molar-refractivity contribution < 1.29 is 14.2 Å². The van der Waals surface area contributed by atoms with Crippen molar-refractivity contribution in [1.82, 2.24) is 5.32 Å². The largest absolute Gasteiger partial charge is 0.381 e. The number of hydrogen-bond acceptors (Lipinski definition) is 4. The normalized spacial score (nSPS) is 34.6. The highest BCUT2D eigenvalue weighted by atomic mass is 16.6. The maximum atomic E-state index is 6.12. The van der Waals surface area contributed by atoms with Crippen LogP contribution in [0.3, 0.4) is 0 Å². The first-order valence-corrected chi connectivity index (χ1v) is 6.87. The van der Waals surface area contributed by atoms with Gasteiger partial charge in [-0.15, -0.1) is 0 Å². The Bertz CT molecular complexity index is 219. The Hall–Kier alpha value is -0.160. The first-order valence-electron chi connectivity index (χ1n) is 6.87. The molecule has 0 amide bonds. The Labute approximate surface area is 104 Å². The molecule has 0 aromatic carbocycles. The Kier molecular flexibility index (Phi) is 5.22. The predicted octanol–water partition coefficient (Wildman–Crippen LogP) is 1.34. The van der Waals surface area contributed by atoms with Crippen LogP contribution in [0.1, 0.15) is 32.6 Å². The van der Waals surface area contributed by atoms with Gasteiger partial charge in [0.15, 0.2) is 0 Å². The van der Waals surface area contributed by atoms with Gasteiger partial charge in [0.1, 0.15) is 0 Å². The average Bonchev–Trinajstić information content (AvgIpc) is 2.35. The number of rotatable bonds is 6. The molecule has 1 N–H and O–H groups in total. The Morgan fingerprint density at radius 3 is 2.71 bits per heavy atom. The lowest BCUT2D eigenvalue weighted by Gasteiger charge is -2.45. The first kappa shape index (κ1) is 13.3. The van der Waals surface area contributed by atoms with Crippen molar-refractivity contribution in [2.75, 3.05) is 26.9 Å². The third kappa shape index (κ3) is 3.41. The van der Waals surface area contributed by atoms with Crippen molar-refractivity contribution in [2.24, 2.45) is 0 Å². The maximum Gasteiger partial charge on any atom is 0.0990 e. The van der Waals surface area contributed by atoms with Gasteiger partial charge in [-0.05, 0) is 32.7 Å². The highest BCUT2D eigenvalue weighted by Gasteiger charge is 2.43. The van der Waals surface area contributed by atoms with Gasteiger partial charge in [-0.25, -0.2) is 0 Å². The van der Waals surface area contributed by atoms with E-state index >= 15 is 0 Å². The van der Waals surface area contributed by atoms with Crippen molar-refractivity contribution in [1.29, 1.82) is 0 Å². The average molecular weight is 243 g/mol. The molecule has 100 valence electrons. The molecule has 2 rings (SSSR count). The van der Waals surface area contributed by atoms with Gasteiger partial charge in [-0.2, -0.15) is 0 Å². The van der Waals surface area contributed by atoms with Crippen LogP contribution < -0.4 is 5.32 Å². The van der Waals surface area contributed by atoms with Crippen LogP contribution in [-0.2, 0) is 14.2 Å². The van der Waals surface area contributed by atoms with Crippen LogP contribution >= 0.6 is 0 Å². The quantitative estimate of drug-likeness (QED) is 0.764. The van der Waals surface area contributed by atoms with Crippen LogP contribution in [0.5, 0.6) is 0 Å². The zero-order valence-corrected chi connectivity index (χ0v) is 11.0. The van der Waals surface area contributed by atoms with Crippen LogP contribution in [0.25, 0.3) is 0 Å². The lowest BCUT2D eigenvalue weighted by molar-refractivity contribution is -0.179. The second-order valence-electron chi connectivity index (χ2n) is 4.95. The molecule has 1 saturated heterocycles. The third-order valence-corrected chi connectivity index (χ3v) is 3.67. The predicted molar refractivity (Wildman–Crippen MR) is 66.2 cm³/mol.